The lowest BCUT2D eigenvalue weighted by molar-refractivity contribution is 0.109. The minimum Gasteiger partial charge on any atom is -0.456 e. The van der Waals surface area contributed by atoms with E-state index in [1.165, 1.54) is 0 Å². The molecule has 1 aromatic carbocycles. The molecule has 2 aromatic heterocycles. The lowest BCUT2D eigenvalue weighted by atomic mass is 10.1. The van der Waals surface area contributed by atoms with Crippen LogP contribution in [0.4, 0.5) is 0 Å². The summed E-state index contributed by atoms with van der Waals surface area (Å²) in [7, 11) is 0. The molecule has 0 aliphatic rings. The molecule has 3 aromatic rings. The lowest BCUT2D eigenvalue weighted by Crippen LogP contribution is -1.98. The molecule has 0 aliphatic heterocycles. The zero-order valence-electron chi connectivity index (χ0n) is 10.2. The van der Waals surface area contributed by atoms with Crippen LogP contribution < -0.4 is 0 Å². The van der Waals surface area contributed by atoms with Crippen LogP contribution in [0.5, 0.6) is 0 Å². The van der Waals surface area contributed by atoms with Gasteiger partial charge in [0.1, 0.15) is 5.76 Å². The van der Waals surface area contributed by atoms with Gasteiger partial charge in [0.25, 0.3) is 0 Å². The number of nitrogens with zero attached hydrogens (tertiary/aromatic N) is 2. The largest absolute Gasteiger partial charge is 0.456 e. The van der Waals surface area contributed by atoms with Gasteiger partial charge in [-0.1, -0.05) is 30.3 Å². The molecule has 0 saturated carbocycles. The van der Waals surface area contributed by atoms with Crippen LogP contribution in [0.3, 0.4) is 0 Å². The first kappa shape index (κ1) is 11.5. The molecule has 0 aliphatic carbocycles. The van der Waals surface area contributed by atoms with Crippen molar-refractivity contribution in [3.8, 4) is 11.1 Å². The molecule has 0 fully saturated rings. The standard InChI is InChI=1S/C15H12N2O2/c18-11-15-7-6-14(19-15)10-17-9-13(8-16-17)12-4-2-1-3-5-12/h1-9,11H,10H2. The molecule has 4 heteroatoms. The fourth-order valence-electron chi connectivity index (χ4n) is 1.93. The van der Waals surface area contributed by atoms with Crippen molar-refractivity contribution in [2.45, 2.75) is 6.54 Å². The number of hydrogen-bond donors (Lipinski definition) is 0. The highest BCUT2D eigenvalue weighted by molar-refractivity contribution is 5.70. The first-order valence-electron chi connectivity index (χ1n) is 5.97. The zero-order chi connectivity index (χ0) is 13.1. The first-order valence-corrected chi connectivity index (χ1v) is 5.97. The maximum atomic E-state index is 10.5. The predicted molar refractivity (Wildman–Crippen MR) is 70.9 cm³/mol. The van der Waals surface area contributed by atoms with E-state index in [1.54, 1.807) is 16.8 Å². The van der Waals surface area contributed by atoms with E-state index in [0.717, 1.165) is 11.1 Å². The molecule has 19 heavy (non-hydrogen) atoms. The smallest absolute Gasteiger partial charge is 0.185 e. The van der Waals surface area contributed by atoms with E-state index in [-0.39, 0.29) is 0 Å². The van der Waals surface area contributed by atoms with E-state index in [9.17, 15) is 4.79 Å². The fraction of sp³-hybridized carbons (Fsp3) is 0.0667. The Kier molecular flexibility index (Phi) is 2.98. The summed E-state index contributed by atoms with van der Waals surface area (Å²) in [5.74, 6) is 1.05. The maximum Gasteiger partial charge on any atom is 0.185 e. The maximum absolute atomic E-state index is 10.5. The SMILES string of the molecule is O=Cc1ccc(Cn2cc(-c3ccccc3)cn2)o1. The molecule has 3 rings (SSSR count). The Labute approximate surface area is 110 Å². The van der Waals surface area contributed by atoms with Gasteiger partial charge in [-0.2, -0.15) is 5.10 Å². The minimum atomic E-state index is 0.338. The van der Waals surface area contributed by atoms with Gasteiger partial charge in [-0.15, -0.1) is 0 Å². The minimum absolute atomic E-state index is 0.338. The summed E-state index contributed by atoms with van der Waals surface area (Å²) in [6.07, 6.45) is 4.47. The highest BCUT2D eigenvalue weighted by atomic mass is 16.3. The normalized spacial score (nSPS) is 10.5. The van der Waals surface area contributed by atoms with Gasteiger partial charge in [-0.3, -0.25) is 9.48 Å². The quantitative estimate of drug-likeness (QED) is 0.670. The number of aldehydes is 1. The molecular weight excluding hydrogens is 240 g/mol. The molecule has 94 valence electrons. The van der Waals surface area contributed by atoms with Gasteiger partial charge < -0.3 is 4.42 Å². The molecule has 0 spiro atoms. The molecule has 0 bridgehead atoms. The third-order valence-electron chi connectivity index (χ3n) is 2.86. The summed E-state index contributed by atoms with van der Waals surface area (Å²) in [5, 5.41) is 4.29. The van der Waals surface area contributed by atoms with E-state index in [2.05, 4.69) is 5.10 Å². The van der Waals surface area contributed by atoms with E-state index < -0.39 is 0 Å². The fourth-order valence-corrected chi connectivity index (χ4v) is 1.93. The van der Waals surface area contributed by atoms with Crippen LogP contribution in [0.15, 0.2) is 59.3 Å². The Hall–Kier alpha value is -2.62. The Morgan fingerprint density at radius 3 is 2.68 bits per heavy atom. The molecule has 2 heterocycles. The lowest BCUT2D eigenvalue weighted by Gasteiger charge is -1.97. The second kappa shape index (κ2) is 4.94. The Bertz CT molecular complexity index is 683. The van der Waals surface area contributed by atoms with Gasteiger partial charge in [-0.25, -0.2) is 0 Å². The van der Waals surface area contributed by atoms with Gasteiger partial charge in [0, 0.05) is 11.8 Å². The third-order valence-corrected chi connectivity index (χ3v) is 2.86. The van der Waals surface area contributed by atoms with E-state index >= 15 is 0 Å². The third kappa shape index (κ3) is 2.47. The van der Waals surface area contributed by atoms with E-state index in [0.29, 0.717) is 24.4 Å². The van der Waals surface area contributed by atoms with Crippen molar-refractivity contribution in [2.75, 3.05) is 0 Å². The molecule has 0 unspecified atom stereocenters. The van der Waals surface area contributed by atoms with Crippen LogP contribution in [0.1, 0.15) is 16.3 Å². The van der Waals surface area contributed by atoms with Crippen molar-refractivity contribution in [2.24, 2.45) is 0 Å². The van der Waals surface area contributed by atoms with Gasteiger partial charge in [0.05, 0.1) is 12.7 Å². The van der Waals surface area contributed by atoms with Crippen molar-refractivity contribution in [1.82, 2.24) is 9.78 Å². The summed E-state index contributed by atoms with van der Waals surface area (Å²) in [4.78, 5) is 10.5. The summed E-state index contributed by atoms with van der Waals surface area (Å²) >= 11 is 0. The van der Waals surface area contributed by atoms with Gasteiger partial charge >= 0.3 is 0 Å². The van der Waals surface area contributed by atoms with E-state index in [1.807, 2.05) is 42.7 Å². The predicted octanol–water partition coefficient (Wildman–Crippen LogP) is 3.00. The second-order valence-electron chi connectivity index (χ2n) is 4.21. The van der Waals surface area contributed by atoms with Gasteiger partial charge in [0.15, 0.2) is 12.0 Å². The van der Waals surface area contributed by atoms with Gasteiger partial charge in [0.2, 0.25) is 0 Å². The number of carbonyl (C=O) groups excluding carboxylic acids is 1. The monoisotopic (exact) mass is 252 g/mol. The molecule has 4 nitrogen and oxygen atoms in total. The number of aromatic nitrogens is 2. The highest BCUT2D eigenvalue weighted by Gasteiger charge is 2.05. The molecule has 0 saturated heterocycles. The number of benzene rings is 1. The van der Waals surface area contributed by atoms with Crippen LogP contribution in [-0.4, -0.2) is 16.1 Å². The summed E-state index contributed by atoms with van der Waals surface area (Å²) in [6, 6.07) is 13.5. The molecule has 0 atom stereocenters. The summed E-state index contributed by atoms with van der Waals surface area (Å²) in [6.45, 7) is 0.515. The number of furan rings is 1. The molecule has 0 amide bonds. The number of carbonyl (C=O) groups is 1. The summed E-state index contributed by atoms with van der Waals surface area (Å²) < 4.78 is 7.11. The van der Waals surface area contributed by atoms with Crippen LogP contribution in [-0.2, 0) is 6.54 Å². The molecule has 0 N–H and O–H groups in total. The highest BCUT2D eigenvalue weighted by Crippen LogP contribution is 2.18. The van der Waals surface area contributed by atoms with E-state index in [4.69, 9.17) is 4.42 Å². The van der Waals surface area contributed by atoms with Crippen LogP contribution in [0.25, 0.3) is 11.1 Å². The molecule has 0 radical (unpaired) electrons. The summed E-state index contributed by atoms with van der Waals surface area (Å²) in [5.41, 5.74) is 2.18. The average Bonchev–Trinajstić information content (AvgIpc) is 3.09. The molecular formula is C15H12N2O2. The topological polar surface area (TPSA) is 48.0 Å². The van der Waals surface area contributed by atoms with Crippen molar-refractivity contribution in [1.29, 1.82) is 0 Å². The van der Waals surface area contributed by atoms with Crippen molar-refractivity contribution in [3.63, 3.8) is 0 Å². The average molecular weight is 252 g/mol. The Morgan fingerprint density at radius 1 is 1.11 bits per heavy atom. The second-order valence-corrected chi connectivity index (χ2v) is 4.21. The Balaban J connectivity index is 1.80. The van der Waals surface area contributed by atoms with Crippen molar-refractivity contribution < 1.29 is 9.21 Å². The first-order chi connectivity index (χ1) is 9.35. The zero-order valence-corrected chi connectivity index (χ0v) is 10.2. The number of hydrogen-bond acceptors (Lipinski definition) is 3. The van der Waals surface area contributed by atoms with Gasteiger partial charge in [-0.05, 0) is 17.7 Å². The van der Waals surface area contributed by atoms with Crippen LogP contribution in [0.2, 0.25) is 0 Å². The van der Waals surface area contributed by atoms with Crippen molar-refractivity contribution >= 4 is 6.29 Å². The van der Waals surface area contributed by atoms with Crippen LogP contribution >= 0.6 is 0 Å². The Morgan fingerprint density at radius 2 is 1.95 bits per heavy atom. The van der Waals surface area contributed by atoms with Crippen LogP contribution in [0, 0.1) is 0 Å². The van der Waals surface area contributed by atoms with Crippen molar-refractivity contribution in [3.05, 3.63) is 66.4 Å². The number of rotatable bonds is 4.